The fourth-order valence-electron chi connectivity index (χ4n) is 2.37. The van der Waals surface area contributed by atoms with Gasteiger partial charge in [0.2, 0.25) is 0 Å². The predicted molar refractivity (Wildman–Crippen MR) is 60.4 cm³/mol. The van der Waals surface area contributed by atoms with E-state index in [0.29, 0.717) is 5.92 Å². The first-order valence-corrected chi connectivity index (χ1v) is 5.57. The van der Waals surface area contributed by atoms with Gasteiger partial charge < -0.3 is 5.32 Å². The molecule has 1 saturated carbocycles. The third-order valence-electron chi connectivity index (χ3n) is 3.20. The minimum Gasteiger partial charge on any atom is -0.313 e. The Morgan fingerprint density at radius 1 is 1.33 bits per heavy atom. The van der Waals surface area contributed by atoms with E-state index < -0.39 is 0 Å². The molecule has 0 amide bonds. The quantitative estimate of drug-likeness (QED) is 0.803. The average molecular weight is 207 g/mol. The van der Waals surface area contributed by atoms with E-state index in [9.17, 15) is 4.39 Å². The minimum absolute atomic E-state index is 0.0567. The molecule has 1 aliphatic carbocycles. The van der Waals surface area contributed by atoms with E-state index in [0.717, 1.165) is 16.7 Å². The maximum Gasteiger partial charge on any atom is 0.128 e. The van der Waals surface area contributed by atoms with Crippen LogP contribution in [0.3, 0.4) is 0 Å². The number of hydrogen-bond acceptors (Lipinski definition) is 1. The van der Waals surface area contributed by atoms with Crippen LogP contribution in [-0.2, 0) is 0 Å². The van der Waals surface area contributed by atoms with Crippen LogP contribution in [0.5, 0.6) is 0 Å². The van der Waals surface area contributed by atoms with Crippen LogP contribution >= 0.6 is 0 Å². The molecule has 1 atom stereocenters. The number of nitrogens with one attached hydrogen (secondary N) is 1. The monoisotopic (exact) mass is 207 g/mol. The number of aryl methyl sites for hydroxylation is 2. The van der Waals surface area contributed by atoms with Crippen LogP contribution in [0, 0.1) is 25.6 Å². The van der Waals surface area contributed by atoms with Gasteiger partial charge in [0.1, 0.15) is 5.82 Å². The summed E-state index contributed by atoms with van der Waals surface area (Å²) in [5, 5.41) is 3.24. The lowest BCUT2D eigenvalue weighted by atomic mass is 9.95. The third kappa shape index (κ3) is 2.05. The molecule has 2 rings (SSSR count). The molecule has 0 heterocycles. The highest BCUT2D eigenvalue weighted by Gasteiger charge is 2.33. The summed E-state index contributed by atoms with van der Waals surface area (Å²) in [7, 11) is 1.92. The van der Waals surface area contributed by atoms with Crippen molar-refractivity contribution in [3.63, 3.8) is 0 Å². The number of benzene rings is 1. The van der Waals surface area contributed by atoms with Gasteiger partial charge in [-0.2, -0.15) is 0 Å². The lowest BCUT2D eigenvalue weighted by Gasteiger charge is -2.19. The van der Waals surface area contributed by atoms with E-state index in [1.54, 1.807) is 6.07 Å². The van der Waals surface area contributed by atoms with Crippen molar-refractivity contribution in [3.05, 3.63) is 34.6 Å². The van der Waals surface area contributed by atoms with Gasteiger partial charge in [0, 0.05) is 11.6 Å². The highest BCUT2D eigenvalue weighted by Crippen LogP contribution is 2.42. The first-order valence-electron chi connectivity index (χ1n) is 5.57. The number of halogens is 1. The van der Waals surface area contributed by atoms with Crippen molar-refractivity contribution in [3.8, 4) is 0 Å². The predicted octanol–water partition coefficient (Wildman–Crippen LogP) is 3.11. The summed E-state index contributed by atoms with van der Waals surface area (Å²) in [4.78, 5) is 0. The first-order chi connectivity index (χ1) is 7.13. The molecular weight excluding hydrogens is 189 g/mol. The van der Waals surface area contributed by atoms with Crippen molar-refractivity contribution < 1.29 is 4.39 Å². The molecule has 15 heavy (non-hydrogen) atoms. The second-order valence-electron chi connectivity index (χ2n) is 4.58. The van der Waals surface area contributed by atoms with Crippen molar-refractivity contribution in [1.29, 1.82) is 0 Å². The lowest BCUT2D eigenvalue weighted by Crippen LogP contribution is -2.20. The first kappa shape index (κ1) is 10.6. The summed E-state index contributed by atoms with van der Waals surface area (Å²) in [5.74, 6) is 0.574. The molecule has 1 aromatic carbocycles. The summed E-state index contributed by atoms with van der Waals surface area (Å²) in [6.45, 7) is 3.93. The molecule has 0 aliphatic heterocycles. The molecule has 0 radical (unpaired) electrons. The molecule has 0 spiro atoms. The maximum absolute atomic E-state index is 13.9. The third-order valence-corrected chi connectivity index (χ3v) is 3.20. The van der Waals surface area contributed by atoms with Crippen molar-refractivity contribution in [2.24, 2.45) is 5.92 Å². The molecule has 1 N–H and O–H groups in total. The second-order valence-corrected chi connectivity index (χ2v) is 4.58. The fraction of sp³-hybridized carbons (Fsp3) is 0.538. The van der Waals surface area contributed by atoms with E-state index in [1.807, 2.05) is 20.9 Å². The summed E-state index contributed by atoms with van der Waals surface area (Å²) in [5.41, 5.74) is 2.93. The molecule has 1 unspecified atom stereocenters. The smallest absolute Gasteiger partial charge is 0.128 e. The van der Waals surface area contributed by atoms with E-state index in [2.05, 4.69) is 11.4 Å². The standard InChI is InChI=1S/C13H18FN/c1-8-6-9(2)12(11(14)7-8)13(15-3)10-4-5-10/h6-7,10,13,15H,4-5H2,1-3H3. The lowest BCUT2D eigenvalue weighted by molar-refractivity contribution is 0.489. The number of rotatable bonds is 3. The zero-order valence-electron chi connectivity index (χ0n) is 9.60. The SMILES string of the molecule is CNC(c1c(C)cc(C)cc1F)C1CC1. The highest BCUT2D eigenvalue weighted by molar-refractivity contribution is 5.35. The second kappa shape index (κ2) is 3.93. The molecule has 2 heteroatoms. The van der Waals surface area contributed by atoms with Gasteiger partial charge in [-0.1, -0.05) is 6.07 Å². The van der Waals surface area contributed by atoms with E-state index in [-0.39, 0.29) is 11.9 Å². The molecule has 1 aromatic rings. The van der Waals surface area contributed by atoms with Crippen LogP contribution in [0.15, 0.2) is 12.1 Å². The van der Waals surface area contributed by atoms with Gasteiger partial charge in [-0.3, -0.25) is 0 Å². The Hall–Kier alpha value is -0.890. The molecule has 82 valence electrons. The largest absolute Gasteiger partial charge is 0.313 e. The molecule has 0 aromatic heterocycles. The van der Waals surface area contributed by atoms with Gasteiger partial charge in [-0.05, 0) is 56.8 Å². The van der Waals surface area contributed by atoms with E-state index in [4.69, 9.17) is 0 Å². The van der Waals surface area contributed by atoms with Crippen molar-refractivity contribution >= 4 is 0 Å². The maximum atomic E-state index is 13.9. The van der Waals surface area contributed by atoms with Gasteiger partial charge in [-0.15, -0.1) is 0 Å². The normalized spacial score (nSPS) is 17.9. The van der Waals surface area contributed by atoms with Crippen LogP contribution in [0.1, 0.15) is 35.6 Å². The summed E-state index contributed by atoms with van der Waals surface area (Å²) < 4.78 is 13.9. The topological polar surface area (TPSA) is 12.0 Å². The Morgan fingerprint density at radius 3 is 2.47 bits per heavy atom. The summed E-state index contributed by atoms with van der Waals surface area (Å²) in [6.07, 6.45) is 2.44. The zero-order valence-corrected chi connectivity index (χ0v) is 9.60. The van der Waals surface area contributed by atoms with Crippen LogP contribution in [0.25, 0.3) is 0 Å². The van der Waals surface area contributed by atoms with Crippen LogP contribution in [0.4, 0.5) is 4.39 Å². The van der Waals surface area contributed by atoms with Crippen LogP contribution < -0.4 is 5.32 Å². The Bertz CT molecular complexity index is 346. The molecule has 1 nitrogen and oxygen atoms in total. The summed E-state index contributed by atoms with van der Waals surface area (Å²) >= 11 is 0. The highest BCUT2D eigenvalue weighted by atomic mass is 19.1. The fourth-order valence-corrected chi connectivity index (χ4v) is 2.37. The van der Waals surface area contributed by atoms with E-state index in [1.165, 1.54) is 12.8 Å². The van der Waals surface area contributed by atoms with Crippen molar-refractivity contribution in [2.75, 3.05) is 7.05 Å². The van der Waals surface area contributed by atoms with Crippen molar-refractivity contribution in [1.82, 2.24) is 5.32 Å². The Kier molecular flexibility index (Phi) is 2.79. The van der Waals surface area contributed by atoms with Gasteiger partial charge in [0.25, 0.3) is 0 Å². The Morgan fingerprint density at radius 2 is 2.00 bits per heavy atom. The average Bonchev–Trinajstić information content (AvgIpc) is 2.94. The van der Waals surface area contributed by atoms with Gasteiger partial charge in [-0.25, -0.2) is 4.39 Å². The van der Waals surface area contributed by atoms with Crippen LogP contribution in [0.2, 0.25) is 0 Å². The van der Waals surface area contributed by atoms with E-state index >= 15 is 0 Å². The van der Waals surface area contributed by atoms with Gasteiger partial charge >= 0.3 is 0 Å². The van der Waals surface area contributed by atoms with Gasteiger partial charge in [0.15, 0.2) is 0 Å². The Balaban J connectivity index is 2.40. The molecular formula is C13H18FN. The summed E-state index contributed by atoms with van der Waals surface area (Å²) in [6, 6.07) is 3.89. The zero-order chi connectivity index (χ0) is 11.0. The Labute approximate surface area is 90.7 Å². The number of hydrogen-bond donors (Lipinski definition) is 1. The van der Waals surface area contributed by atoms with Crippen molar-refractivity contribution in [2.45, 2.75) is 32.7 Å². The molecule has 1 fully saturated rings. The van der Waals surface area contributed by atoms with Crippen LogP contribution in [-0.4, -0.2) is 7.05 Å². The molecule has 0 saturated heterocycles. The molecule has 1 aliphatic rings. The van der Waals surface area contributed by atoms with Gasteiger partial charge in [0.05, 0.1) is 0 Å². The molecule has 0 bridgehead atoms. The minimum atomic E-state index is -0.0567.